The van der Waals surface area contributed by atoms with Gasteiger partial charge >= 0.3 is 0 Å². The first kappa shape index (κ1) is 31.0. The van der Waals surface area contributed by atoms with E-state index in [1.807, 2.05) is 0 Å². The van der Waals surface area contributed by atoms with Crippen molar-refractivity contribution in [3.05, 3.63) is 200 Å². The third-order valence-electron chi connectivity index (χ3n) is 11.8. The molecule has 0 atom stereocenters. The summed E-state index contributed by atoms with van der Waals surface area (Å²) in [4.78, 5) is 0. The summed E-state index contributed by atoms with van der Waals surface area (Å²) < 4.78 is 8.94. The van der Waals surface area contributed by atoms with Gasteiger partial charge in [-0.1, -0.05) is 146 Å². The molecule has 260 valence electrons. The van der Waals surface area contributed by atoms with Gasteiger partial charge in [-0.2, -0.15) is 0 Å². The molecule has 0 aliphatic heterocycles. The van der Waals surface area contributed by atoms with Crippen molar-refractivity contribution in [2.75, 3.05) is 0 Å². The van der Waals surface area contributed by atoms with Gasteiger partial charge in [0.1, 0.15) is 11.2 Å². The Morgan fingerprint density at radius 2 is 0.839 bits per heavy atom. The summed E-state index contributed by atoms with van der Waals surface area (Å²) in [6.45, 7) is 0. The summed E-state index contributed by atoms with van der Waals surface area (Å²) in [6.07, 6.45) is 0. The molecule has 0 aliphatic carbocycles. The van der Waals surface area contributed by atoms with Crippen LogP contribution in [0.5, 0.6) is 0 Å². The molecule has 0 bridgehead atoms. The molecule has 0 radical (unpaired) electrons. The maximum Gasteiger partial charge on any atom is 0.136 e. The number of nitrogens with zero attached hydrogens (tertiary/aromatic N) is 1. The average Bonchev–Trinajstić information content (AvgIpc) is 3.82. The smallest absolute Gasteiger partial charge is 0.136 e. The summed E-state index contributed by atoms with van der Waals surface area (Å²) in [7, 11) is 0. The minimum Gasteiger partial charge on any atom is -0.456 e. The normalized spacial score (nSPS) is 11.9. The Labute approximate surface area is 323 Å². The van der Waals surface area contributed by atoms with Crippen LogP contribution in [0, 0.1) is 0 Å². The van der Waals surface area contributed by atoms with Crippen LogP contribution in [0.25, 0.3) is 115 Å². The molecule has 2 heterocycles. The van der Waals surface area contributed by atoms with Gasteiger partial charge in [-0.15, -0.1) is 0 Å². The van der Waals surface area contributed by atoms with Crippen molar-refractivity contribution < 1.29 is 4.42 Å². The molecule has 0 aliphatic rings. The van der Waals surface area contributed by atoms with Crippen molar-refractivity contribution in [1.29, 1.82) is 0 Å². The van der Waals surface area contributed by atoms with Gasteiger partial charge in [-0.05, 0) is 120 Å². The topological polar surface area (TPSA) is 18.1 Å². The van der Waals surface area contributed by atoms with Gasteiger partial charge in [0.2, 0.25) is 0 Å². The highest BCUT2D eigenvalue weighted by Gasteiger charge is 2.18. The van der Waals surface area contributed by atoms with Crippen LogP contribution in [-0.4, -0.2) is 4.57 Å². The van der Waals surface area contributed by atoms with Crippen LogP contribution in [0.3, 0.4) is 0 Å². The fraction of sp³-hybridized carbons (Fsp3) is 0. The van der Waals surface area contributed by atoms with Gasteiger partial charge in [0, 0.05) is 27.2 Å². The fourth-order valence-electron chi connectivity index (χ4n) is 9.21. The predicted molar refractivity (Wildman–Crippen MR) is 237 cm³/mol. The number of benzene rings is 10. The lowest BCUT2D eigenvalue weighted by atomic mass is 9.91. The molecule has 0 spiro atoms. The van der Waals surface area contributed by atoms with E-state index in [0.717, 1.165) is 33.2 Å². The van der Waals surface area contributed by atoms with Gasteiger partial charge < -0.3 is 8.98 Å². The van der Waals surface area contributed by atoms with Crippen LogP contribution < -0.4 is 0 Å². The van der Waals surface area contributed by atoms with Gasteiger partial charge in [0.15, 0.2) is 0 Å². The highest BCUT2D eigenvalue weighted by molar-refractivity contribution is 6.26. The summed E-state index contributed by atoms with van der Waals surface area (Å²) >= 11 is 0. The van der Waals surface area contributed by atoms with E-state index in [0.29, 0.717) is 0 Å². The lowest BCUT2D eigenvalue weighted by Crippen LogP contribution is -1.94. The number of furan rings is 1. The predicted octanol–water partition coefficient (Wildman–Crippen LogP) is 15.1. The Bertz CT molecular complexity index is 3500. The van der Waals surface area contributed by atoms with Crippen LogP contribution in [0.1, 0.15) is 0 Å². The maximum absolute atomic E-state index is 6.54. The van der Waals surface area contributed by atoms with Gasteiger partial charge in [0.25, 0.3) is 0 Å². The molecule has 12 aromatic rings. The zero-order valence-electron chi connectivity index (χ0n) is 30.4. The molecule has 0 saturated carbocycles. The minimum absolute atomic E-state index is 0.893. The summed E-state index contributed by atoms with van der Waals surface area (Å²) in [5.74, 6) is 0. The van der Waals surface area contributed by atoms with Gasteiger partial charge in [-0.25, -0.2) is 0 Å². The van der Waals surface area contributed by atoms with Crippen molar-refractivity contribution in [2.24, 2.45) is 0 Å². The Kier molecular flexibility index (Phi) is 6.66. The zero-order chi connectivity index (χ0) is 36.7. The average molecular weight is 712 g/mol. The quantitative estimate of drug-likeness (QED) is 0.166. The van der Waals surface area contributed by atoms with Crippen molar-refractivity contribution in [3.8, 4) is 39.1 Å². The lowest BCUT2D eigenvalue weighted by Gasteiger charge is -2.12. The molecule has 12 rings (SSSR count). The molecule has 56 heavy (non-hydrogen) atoms. The first-order valence-corrected chi connectivity index (χ1v) is 19.3. The molecule has 2 nitrogen and oxygen atoms in total. The molecule has 10 aromatic carbocycles. The van der Waals surface area contributed by atoms with Crippen molar-refractivity contribution >= 4 is 76.1 Å². The first-order valence-electron chi connectivity index (χ1n) is 19.3. The molecule has 0 saturated heterocycles. The van der Waals surface area contributed by atoms with Crippen LogP contribution in [0.2, 0.25) is 0 Å². The number of hydrogen-bond donors (Lipinski definition) is 0. The van der Waals surface area contributed by atoms with E-state index in [9.17, 15) is 0 Å². The van der Waals surface area contributed by atoms with Crippen molar-refractivity contribution in [1.82, 2.24) is 4.57 Å². The number of aromatic nitrogens is 1. The van der Waals surface area contributed by atoms with E-state index in [1.54, 1.807) is 0 Å². The molecular formula is C54H33NO. The van der Waals surface area contributed by atoms with Crippen LogP contribution >= 0.6 is 0 Å². The third-order valence-corrected chi connectivity index (χ3v) is 11.8. The molecule has 0 unspecified atom stereocenters. The number of rotatable bonds is 4. The summed E-state index contributed by atoms with van der Waals surface area (Å²) in [6, 6.07) is 72.7. The van der Waals surface area contributed by atoms with Crippen molar-refractivity contribution in [3.63, 3.8) is 0 Å². The Hall–Kier alpha value is -7.42. The van der Waals surface area contributed by atoms with E-state index in [-0.39, 0.29) is 0 Å². The maximum atomic E-state index is 6.54. The minimum atomic E-state index is 0.893. The second-order valence-corrected chi connectivity index (χ2v) is 14.8. The monoisotopic (exact) mass is 711 g/mol. The molecule has 0 amide bonds. The second-order valence-electron chi connectivity index (χ2n) is 14.8. The zero-order valence-corrected chi connectivity index (χ0v) is 30.4. The fourth-order valence-corrected chi connectivity index (χ4v) is 9.21. The summed E-state index contributed by atoms with van der Waals surface area (Å²) in [5.41, 5.74) is 12.4. The summed E-state index contributed by atoms with van der Waals surface area (Å²) in [5, 5.41) is 12.4. The number of para-hydroxylation sites is 1. The van der Waals surface area contributed by atoms with Crippen LogP contribution in [0.4, 0.5) is 0 Å². The van der Waals surface area contributed by atoms with Crippen LogP contribution in [0.15, 0.2) is 205 Å². The Morgan fingerprint density at radius 1 is 0.286 bits per heavy atom. The van der Waals surface area contributed by atoms with E-state index >= 15 is 0 Å². The third kappa shape index (κ3) is 4.63. The van der Waals surface area contributed by atoms with E-state index in [4.69, 9.17) is 4.42 Å². The molecule has 0 N–H and O–H groups in total. The second kappa shape index (κ2) is 12.0. The molecular weight excluding hydrogens is 679 g/mol. The van der Waals surface area contributed by atoms with Crippen molar-refractivity contribution in [2.45, 2.75) is 0 Å². The molecule has 2 aromatic heterocycles. The Morgan fingerprint density at radius 3 is 1.62 bits per heavy atom. The standard InChI is InChI=1S/C54H33NO/c1-2-12-34(13-3-1)35-14-10-15-39(30-35)55-50-22-9-8-20-46(50)48-31-36(25-28-51(48)55)37-26-29-52-49(32-37)54-40(21-11-23-53(54)56-52)38-24-27-45-43-18-5-4-16-41(43)42-17-6-7-19-44(42)47(45)33-38/h1-33H. The van der Waals surface area contributed by atoms with E-state index in [1.165, 1.54) is 81.9 Å². The van der Waals surface area contributed by atoms with Gasteiger partial charge in [0.05, 0.1) is 11.0 Å². The van der Waals surface area contributed by atoms with Gasteiger partial charge in [-0.3, -0.25) is 0 Å². The first-order chi connectivity index (χ1) is 27.8. The SMILES string of the molecule is c1ccc(-c2cccc(-n3c4ccccc4c4cc(-c5ccc6oc7cccc(-c8ccc9c%10ccccc%10c%10ccccc%10c9c8)c7c6c5)ccc43)c2)cc1. The lowest BCUT2D eigenvalue weighted by molar-refractivity contribution is 0.669. The largest absolute Gasteiger partial charge is 0.456 e. The van der Waals surface area contributed by atoms with E-state index in [2.05, 4.69) is 205 Å². The number of hydrogen-bond acceptors (Lipinski definition) is 1. The number of fused-ring (bicyclic) bond motifs is 12. The van der Waals surface area contributed by atoms with Crippen LogP contribution in [-0.2, 0) is 0 Å². The highest BCUT2D eigenvalue weighted by atomic mass is 16.3. The highest BCUT2D eigenvalue weighted by Crippen LogP contribution is 2.42. The molecule has 2 heteroatoms. The van der Waals surface area contributed by atoms with E-state index < -0.39 is 0 Å². The Balaban J connectivity index is 1.02. The molecule has 0 fully saturated rings.